The van der Waals surface area contributed by atoms with E-state index in [0.29, 0.717) is 17.3 Å². The average molecular weight is 232 g/mol. The molecule has 0 saturated heterocycles. The van der Waals surface area contributed by atoms with Crippen molar-refractivity contribution in [2.24, 2.45) is 0 Å². The predicted molar refractivity (Wildman–Crippen MR) is 61.6 cm³/mol. The van der Waals surface area contributed by atoms with Crippen LogP contribution < -0.4 is 5.73 Å². The monoisotopic (exact) mass is 232 g/mol. The van der Waals surface area contributed by atoms with Crippen molar-refractivity contribution in [3.8, 4) is 5.82 Å². The van der Waals surface area contributed by atoms with Crippen molar-refractivity contribution in [3.63, 3.8) is 0 Å². The van der Waals surface area contributed by atoms with Gasteiger partial charge in [0.15, 0.2) is 11.5 Å². The van der Waals surface area contributed by atoms with Gasteiger partial charge in [0.2, 0.25) is 0 Å². The van der Waals surface area contributed by atoms with Gasteiger partial charge in [-0.15, -0.1) is 15.3 Å². The highest BCUT2D eigenvalue weighted by Gasteiger charge is 2.10. The molecule has 0 aliphatic carbocycles. The third kappa shape index (κ3) is 2.22. The van der Waals surface area contributed by atoms with E-state index in [2.05, 4.69) is 15.3 Å². The van der Waals surface area contributed by atoms with Gasteiger partial charge in [-0.05, 0) is 12.1 Å². The van der Waals surface area contributed by atoms with Gasteiger partial charge in [0, 0.05) is 26.4 Å². The summed E-state index contributed by atoms with van der Waals surface area (Å²) in [7, 11) is 3.32. The summed E-state index contributed by atoms with van der Waals surface area (Å²) in [5, 5.41) is 11.7. The number of rotatable bonds is 2. The Morgan fingerprint density at radius 3 is 2.53 bits per heavy atom. The molecular weight excluding hydrogens is 220 g/mol. The number of nitrogens with two attached hydrogens (primary N) is 1. The van der Waals surface area contributed by atoms with Crippen LogP contribution in [-0.2, 0) is 0 Å². The summed E-state index contributed by atoms with van der Waals surface area (Å²) in [5.41, 5.74) is 5.78. The number of aromatic nitrogens is 4. The number of hydrogen-bond acceptors (Lipinski definition) is 5. The molecule has 0 atom stereocenters. The van der Waals surface area contributed by atoms with E-state index >= 15 is 0 Å². The molecule has 1 amide bonds. The summed E-state index contributed by atoms with van der Waals surface area (Å²) in [6.45, 7) is 0. The summed E-state index contributed by atoms with van der Waals surface area (Å²) in [6, 6.07) is 4.92. The van der Waals surface area contributed by atoms with Crippen LogP contribution in [0.1, 0.15) is 10.5 Å². The second kappa shape index (κ2) is 4.20. The lowest BCUT2D eigenvalue weighted by atomic mass is 10.3. The molecule has 0 aliphatic rings. The lowest BCUT2D eigenvalue weighted by molar-refractivity contribution is 0.0821. The first-order valence-electron chi connectivity index (χ1n) is 4.95. The van der Waals surface area contributed by atoms with Crippen LogP contribution in [0.4, 0.5) is 5.82 Å². The number of hydrogen-bond donors (Lipinski definition) is 1. The average Bonchev–Trinajstić information content (AvgIpc) is 2.75. The number of amides is 1. The van der Waals surface area contributed by atoms with Crippen LogP contribution in [0.5, 0.6) is 0 Å². The molecule has 0 bridgehead atoms. The maximum atomic E-state index is 11.6. The number of nitrogens with zero attached hydrogens (tertiary/aromatic N) is 5. The first-order valence-corrected chi connectivity index (χ1v) is 4.95. The molecular formula is C10H12N6O. The van der Waals surface area contributed by atoms with Crippen LogP contribution in [0.2, 0.25) is 0 Å². The van der Waals surface area contributed by atoms with E-state index < -0.39 is 0 Å². The van der Waals surface area contributed by atoms with Crippen molar-refractivity contribution < 1.29 is 4.79 Å². The standard InChI is InChI=1S/C10H12N6O/c1-15(2)10(17)7-3-4-9(13-12-7)16-6-5-8(11)14-16/h3-6H,1-2H3,(H2,11,14). The fourth-order valence-electron chi connectivity index (χ4n) is 1.26. The van der Waals surface area contributed by atoms with Crippen LogP contribution in [0.25, 0.3) is 5.82 Å². The smallest absolute Gasteiger partial charge is 0.273 e. The molecule has 2 aromatic rings. The Morgan fingerprint density at radius 1 is 1.29 bits per heavy atom. The minimum atomic E-state index is -0.191. The van der Waals surface area contributed by atoms with Gasteiger partial charge in [0.25, 0.3) is 5.91 Å². The van der Waals surface area contributed by atoms with Crippen molar-refractivity contribution >= 4 is 11.7 Å². The quantitative estimate of drug-likeness (QED) is 0.783. The molecule has 0 unspecified atom stereocenters. The molecule has 2 heterocycles. The summed E-state index contributed by atoms with van der Waals surface area (Å²) < 4.78 is 1.49. The summed E-state index contributed by atoms with van der Waals surface area (Å²) >= 11 is 0. The van der Waals surface area contributed by atoms with Crippen molar-refractivity contribution in [1.29, 1.82) is 0 Å². The van der Waals surface area contributed by atoms with Gasteiger partial charge in [-0.2, -0.15) is 0 Å². The van der Waals surface area contributed by atoms with E-state index in [1.165, 1.54) is 9.58 Å². The van der Waals surface area contributed by atoms with Crippen LogP contribution in [0.3, 0.4) is 0 Å². The molecule has 0 fully saturated rings. The zero-order valence-electron chi connectivity index (χ0n) is 9.53. The summed E-state index contributed by atoms with van der Waals surface area (Å²) in [6.07, 6.45) is 1.67. The minimum absolute atomic E-state index is 0.191. The maximum Gasteiger partial charge on any atom is 0.273 e. The second-order valence-electron chi connectivity index (χ2n) is 3.66. The number of anilines is 1. The highest BCUT2D eigenvalue weighted by atomic mass is 16.2. The van der Waals surface area contributed by atoms with Gasteiger partial charge in [-0.3, -0.25) is 4.79 Å². The third-order valence-corrected chi connectivity index (χ3v) is 2.12. The lowest BCUT2D eigenvalue weighted by Gasteiger charge is -2.08. The molecule has 0 radical (unpaired) electrons. The van der Waals surface area contributed by atoms with Gasteiger partial charge < -0.3 is 10.6 Å². The van der Waals surface area contributed by atoms with E-state index in [4.69, 9.17) is 5.73 Å². The molecule has 2 aromatic heterocycles. The van der Waals surface area contributed by atoms with Crippen LogP contribution in [0, 0.1) is 0 Å². The first kappa shape index (κ1) is 11.1. The van der Waals surface area contributed by atoms with E-state index in [1.54, 1.807) is 38.5 Å². The summed E-state index contributed by atoms with van der Waals surface area (Å²) in [5.74, 6) is 0.723. The molecule has 7 heteroatoms. The predicted octanol–water partition coefficient (Wildman–Crippen LogP) is -0.0537. The molecule has 7 nitrogen and oxygen atoms in total. The number of carbonyl (C=O) groups excluding carboxylic acids is 1. The first-order chi connectivity index (χ1) is 8.08. The van der Waals surface area contributed by atoms with Gasteiger partial charge in [0.1, 0.15) is 5.82 Å². The van der Waals surface area contributed by atoms with E-state index in [-0.39, 0.29) is 5.91 Å². The van der Waals surface area contributed by atoms with Crippen molar-refractivity contribution in [2.45, 2.75) is 0 Å². The van der Waals surface area contributed by atoms with E-state index in [0.717, 1.165) is 0 Å². The Labute approximate surface area is 97.9 Å². The normalized spacial score (nSPS) is 10.2. The fourth-order valence-corrected chi connectivity index (χ4v) is 1.26. The molecule has 88 valence electrons. The lowest BCUT2D eigenvalue weighted by Crippen LogP contribution is -2.23. The highest BCUT2D eigenvalue weighted by Crippen LogP contribution is 2.05. The molecule has 0 spiro atoms. The molecule has 0 aliphatic heterocycles. The van der Waals surface area contributed by atoms with Gasteiger partial charge in [0.05, 0.1) is 0 Å². The zero-order valence-corrected chi connectivity index (χ0v) is 9.53. The van der Waals surface area contributed by atoms with Crippen molar-refractivity contribution in [2.75, 3.05) is 19.8 Å². The topological polar surface area (TPSA) is 89.9 Å². The fraction of sp³-hybridized carbons (Fsp3) is 0.200. The van der Waals surface area contributed by atoms with Crippen molar-refractivity contribution in [3.05, 3.63) is 30.1 Å². The van der Waals surface area contributed by atoms with Crippen LogP contribution >= 0.6 is 0 Å². The Kier molecular flexibility index (Phi) is 2.73. The molecule has 17 heavy (non-hydrogen) atoms. The second-order valence-corrected chi connectivity index (χ2v) is 3.66. The van der Waals surface area contributed by atoms with Crippen LogP contribution in [0.15, 0.2) is 24.4 Å². The van der Waals surface area contributed by atoms with E-state index in [9.17, 15) is 4.79 Å². The third-order valence-electron chi connectivity index (χ3n) is 2.12. The minimum Gasteiger partial charge on any atom is -0.382 e. The Morgan fingerprint density at radius 2 is 2.06 bits per heavy atom. The largest absolute Gasteiger partial charge is 0.382 e. The zero-order chi connectivity index (χ0) is 12.4. The highest BCUT2D eigenvalue weighted by molar-refractivity contribution is 5.91. The molecule has 2 N–H and O–H groups in total. The van der Waals surface area contributed by atoms with Crippen LogP contribution in [-0.4, -0.2) is 44.9 Å². The van der Waals surface area contributed by atoms with Gasteiger partial charge in [-0.25, -0.2) is 4.68 Å². The van der Waals surface area contributed by atoms with Crippen molar-refractivity contribution in [1.82, 2.24) is 24.9 Å². The Balaban J connectivity index is 2.27. The summed E-state index contributed by atoms with van der Waals surface area (Å²) in [4.78, 5) is 13.0. The van der Waals surface area contributed by atoms with E-state index in [1.807, 2.05) is 0 Å². The van der Waals surface area contributed by atoms with Gasteiger partial charge in [-0.1, -0.05) is 0 Å². The Hall–Kier alpha value is -2.44. The maximum absolute atomic E-state index is 11.6. The SMILES string of the molecule is CN(C)C(=O)c1ccc(-n2ccc(N)n2)nn1. The molecule has 0 aromatic carbocycles. The number of carbonyl (C=O) groups is 1. The molecule has 2 rings (SSSR count). The molecule has 0 saturated carbocycles. The number of nitrogen functional groups attached to an aromatic ring is 1. The Bertz CT molecular complexity index is 530. The van der Waals surface area contributed by atoms with Gasteiger partial charge >= 0.3 is 0 Å².